The van der Waals surface area contributed by atoms with Gasteiger partial charge in [-0.15, -0.1) is 45.3 Å². The molecule has 8 nitrogen and oxygen atoms in total. The molecule has 0 N–H and O–H groups in total. The molecule has 4 aliphatic rings. The summed E-state index contributed by atoms with van der Waals surface area (Å²) < 4.78 is 52.8. The van der Waals surface area contributed by atoms with Crippen molar-refractivity contribution in [3.63, 3.8) is 0 Å². The van der Waals surface area contributed by atoms with Crippen LogP contribution in [0.3, 0.4) is 0 Å². The zero-order valence-electron chi connectivity index (χ0n) is 62.0. The molecule has 0 aliphatic heterocycles. The Kier molecular flexibility index (Phi) is 19.3. The van der Waals surface area contributed by atoms with Gasteiger partial charge in [0.2, 0.25) is 0 Å². The third-order valence-electron chi connectivity index (χ3n) is 23.1. The third kappa shape index (κ3) is 10.8. The van der Waals surface area contributed by atoms with E-state index < -0.39 is 21.7 Å². The normalized spacial score (nSPS) is 14.0. The highest BCUT2D eigenvalue weighted by molar-refractivity contribution is 9.93. The van der Waals surface area contributed by atoms with E-state index >= 15 is 0 Å². The molecule has 16 aromatic rings. The van der Waals surface area contributed by atoms with Crippen LogP contribution in [-0.2, 0) is 21.7 Å². The number of benzene rings is 12. The maximum Gasteiger partial charge on any atom is 0.118 e. The summed E-state index contributed by atoms with van der Waals surface area (Å²) in [5, 5.41) is 0. The van der Waals surface area contributed by atoms with Crippen LogP contribution >= 0.6 is 105 Å². The Bertz CT molecular complexity index is 5690. The summed E-state index contributed by atoms with van der Waals surface area (Å²) in [6.07, 6.45) is 0. The van der Waals surface area contributed by atoms with Crippen LogP contribution in [0.15, 0.2) is 288 Å². The van der Waals surface area contributed by atoms with E-state index in [9.17, 15) is 0 Å². The van der Waals surface area contributed by atoms with Crippen LogP contribution in [0.4, 0.5) is 0 Å². The van der Waals surface area contributed by atoms with Crippen molar-refractivity contribution in [3.8, 4) is 87.8 Å². The number of hydrogen-bond acceptors (Lipinski definition) is 12. The van der Waals surface area contributed by atoms with E-state index in [2.05, 4.69) is 339 Å². The van der Waals surface area contributed by atoms with Crippen LogP contribution in [0.5, 0.6) is 46.0 Å². The molecule has 554 valence electrons. The van der Waals surface area contributed by atoms with Crippen molar-refractivity contribution in [2.45, 2.75) is 21.7 Å². The Labute approximate surface area is 698 Å². The highest BCUT2D eigenvalue weighted by atomic mass is 80.9. The van der Waals surface area contributed by atoms with Crippen LogP contribution in [0.25, 0.3) is 60.6 Å². The predicted octanol–water partition coefficient (Wildman–Crippen LogP) is 26.7. The fourth-order valence-corrected chi connectivity index (χ4v) is 25.5. The van der Waals surface area contributed by atoms with E-state index in [-0.39, 0.29) is 0 Å². The third-order valence-corrected chi connectivity index (χ3v) is 29.3. The Morgan fingerprint density at radius 2 is 0.393 bits per heavy atom. The summed E-state index contributed by atoms with van der Waals surface area (Å²) >= 11 is 21.0. The van der Waals surface area contributed by atoms with E-state index in [0.717, 1.165) is 54.9 Å². The van der Waals surface area contributed by atoms with Crippen LogP contribution in [0.1, 0.15) is 89.0 Å². The Hall–Kier alpha value is -9.72. The Morgan fingerprint density at radius 3 is 0.589 bits per heavy atom. The van der Waals surface area contributed by atoms with Crippen molar-refractivity contribution >= 4 is 124 Å². The molecule has 20 rings (SSSR count). The second kappa shape index (κ2) is 29.4. The van der Waals surface area contributed by atoms with E-state index in [1.54, 1.807) is 56.9 Å². The van der Waals surface area contributed by atoms with Gasteiger partial charge in [0.1, 0.15) is 46.0 Å². The van der Waals surface area contributed by atoms with E-state index in [4.69, 9.17) is 37.9 Å². The maximum absolute atomic E-state index is 5.69. The lowest BCUT2D eigenvalue weighted by Gasteiger charge is -2.34. The van der Waals surface area contributed by atoms with Gasteiger partial charge in [-0.25, -0.2) is 0 Å². The Morgan fingerprint density at radius 1 is 0.214 bits per heavy atom. The van der Waals surface area contributed by atoms with Crippen LogP contribution < -0.4 is 37.9 Å². The van der Waals surface area contributed by atoms with Gasteiger partial charge < -0.3 is 37.9 Å². The first-order chi connectivity index (χ1) is 54.9. The number of fused-ring (bicyclic) bond motifs is 18. The second-order valence-electron chi connectivity index (χ2n) is 27.8. The minimum Gasteiger partial charge on any atom is -0.497 e. The molecule has 0 bridgehead atoms. The zero-order valence-corrected chi connectivity index (χ0v) is 71.6. The summed E-state index contributed by atoms with van der Waals surface area (Å²) in [6.45, 7) is 0. The summed E-state index contributed by atoms with van der Waals surface area (Å²) in [7, 11) is 13.8. The molecular formula is C96H70Br4O8S4. The van der Waals surface area contributed by atoms with Gasteiger partial charge in [-0.3, -0.25) is 0 Å². The molecule has 16 heteroatoms. The molecule has 0 amide bonds. The highest BCUT2D eigenvalue weighted by Gasteiger charge is 2.57. The second-order valence-corrected chi connectivity index (χ2v) is 33.8. The quantitative estimate of drug-likeness (QED) is 0.0947. The average molecular weight is 1800 g/mol. The van der Waals surface area contributed by atoms with Crippen molar-refractivity contribution in [1.29, 1.82) is 0 Å². The van der Waals surface area contributed by atoms with Crippen molar-refractivity contribution in [2.24, 2.45) is 0 Å². The molecule has 0 fully saturated rings. The molecule has 0 saturated heterocycles. The van der Waals surface area contributed by atoms with Crippen LogP contribution in [-0.4, -0.2) is 56.9 Å². The molecule has 4 aromatic heterocycles. The number of methoxy groups -OCH3 is 8. The molecule has 12 aromatic carbocycles. The fourth-order valence-electron chi connectivity index (χ4n) is 18.4. The van der Waals surface area contributed by atoms with Gasteiger partial charge in [-0.2, -0.15) is 0 Å². The predicted molar refractivity (Wildman–Crippen MR) is 474 cm³/mol. The number of halogens is 4. The number of thiophene rings is 4. The minimum absolute atomic E-state index is 0.580. The Balaban J connectivity index is 0.000000153. The van der Waals surface area contributed by atoms with Crippen LogP contribution in [0, 0.1) is 0 Å². The van der Waals surface area contributed by atoms with Gasteiger partial charge in [0.05, 0.1) is 97.3 Å². The fraction of sp³-hybridized carbons (Fsp3) is 0.125. The number of hydrogen-bond donors (Lipinski definition) is 0. The molecule has 112 heavy (non-hydrogen) atoms. The monoisotopic (exact) mass is 1790 g/mol. The largest absolute Gasteiger partial charge is 0.497 e. The first-order valence-electron chi connectivity index (χ1n) is 36.3. The first kappa shape index (κ1) is 73.7. The van der Waals surface area contributed by atoms with Crippen molar-refractivity contribution < 1.29 is 37.9 Å². The number of rotatable bonds is 16. The van der Waals surface area contributed by atoms with E-state index in [1.807, 2.05) is 45.3 Å². The summed E-state index contributed by atoms with van der Waals surface area (Å²) in [5.74, 6) is 6.63. The van der Waals surface area contributed by atoms with Gasteiger partial charge in [-0.05, 0) is 210 Å². The van der Waals surface area contributed by atoms with Gasteiger partial charge in [-0.1, -0.05) is 190 Å². The summed E-state index contributed by atoms with van der Waals surface area (Å²) in [4.78, 5) is 5.21. The minimum atomic E-state index is -0.630. The topological polar surface area (TPSA) is 73.8 Å². The standard InChI is InChI=1S/C48H34Br2O4S2.C48H36O4S2.Br2/c1-51-33-15-5-27(6-16-33)47(28-7-17-34(52-2)18-8-28)39-25-31(49)13-23-37(39)43-41(47)45-46(55-43)42-44(56-45)38-24-14-32(50)26-40(38)48(42,29-9-19-35(53-3)20-10-29)30-11-21-36(54-4)22-12-30;1-49-33-21-13-29(14-22-33)47(30-15-23-34(50-2)24-16-30)39-11-7-5-9-37(39)43-41(47)45-46(53-43)42-44(54-45)38-10-6-8-12-40(38)48(42,31-17-25-35(51-3)26-18-31)32-19-27-36(52-4)28-20-32;1-2/h5-26H,1-4H3;5-28H,1-4H3;. The molecule has 4 heterocycles. The smallest absolute Gasteiger partial charge is 0.118 e. The lowest BCUT2D eigenvalue weighted by molar-refractivity contribution is 0.414. The lowest BCUT2D eigenvalue weighted by atomic mass is 9.67. The molecule has 0 unspecified atom stereocenters. The SMILES string of the molecule is BrBr.COc1ccc(C2(c3ccc(OC)cc3)c3cc(Br)ccc3-c3sc4c5c(sc4c32)-c2ccc(Br)cc2C5(c2ccc(OC)cc2)c2ccc(OC)cc2)cc1.COc1ccc(C2(c3ccc(OC)cc3)c3ccccc3-c3sc4c5c(sc4c32)-c2ccccc2C5(c2ccc(OC)cc2)c2ccc(OC)cc2)cc1. The number of ether oxygens (including phenoxy) is 8. The van der Waals surface area contributed by atoms with Crippen molar-refractivity contribution in [3.05, 3.63) is 377 Å². The molecule has 4 aliphatic carbocycles. The van der Waals surface area contributed by atoms with E-state index in [0.29, 0.717) is 0 Å². The molecule has 0 radical (unpaired) electrons. The van der Waals surface area contributed by atoms with Crippen molar-refractivity contribution in [1.82, 2.24) is 0 Å². The molecule has 0 saturated carbocycles. The highest BCUT2D eigenvalue weighted by Crippen LogP contribution is 2.71. The van der Waals surface area contributed by atoms with E-state index in [1.165, 1.54) is 150 Å². The van der Waals surface area contributed by atoms with Crippen LogP contribution in [0.2, 0.25) is 0 Å². The van der Waals surface area contributed by atoms with Gasteiger partial charge >= 0.3 is 0 Å². The maximum atomic E-state index is 5.69. The van der Waals surface area contributed by atoms with Gasteiger partial charge in [0.25, 0.3) is 0 Å². The zero-order chi connectivity index (χ0) is 77.0. The molecular weight excluding hydrogens is 1730 g/mol. The summed E-state index contributed by atoms with van der Waals surface area (Å²) in [5.41, 5.74) is 22.5. The summed E-state index contributed by atoms with van der Waals surface area (Å²) in [6, 6.07) is 101. The average Bonchev–Trinajstić information content (AvgIpc) is 1.50. The first-order valence-corrected chi connectivity index (χ1v) is 44.8. The van der Waals surface area contributed by atoms with Gasteiger partial charge in [0, 0.05) is 79.0 Å². The van der Waals surface area contributed by atoms with Crippen molar-refractivity contribution in [2.75, 3.05) is 56.9 Å². The molecule has 0 atom stereocenters. The molecule has 0 spiro atoms. The lowest BCUT2D eigenvalue weighted by Crippen LogP contribution is -2.29. The van der Waals surface area contributed by atoms with Gasteiger partial charge in [0.15, 0.2) is 0 Å².